The molecule has 836 valence electrons. The van der Waals surface area contributed by atoms with Gasteiger partial charge in [-0.3, -0.25) is 9.78 Å². The summed E-state index contributed by atoms with van der Waals surface area (Å²) >= 11 is 6.07. The number of likely N-dealkylation sites (N-methyl/N-ethyl adjacent to an activating group) is 1. The van der Waals surface area contributed by atoms with Gasteiger partial charge in [0.25, 0.3) is 0 Å². The van der Waals surface area contributed by atoms with Crippen molar-refractivity contribution in [2.75, 3.05) is 148 Å². The number of carbonyl (C=O) groups excluding carboxylic acids is 1. The number of pyridine rings is 3. The molecule has 9 aromatic rings. The normalized spacial score (nSPS) is 15.5. The summed E-state index contributed by atoms with van der Waals surface area (Å²) in [6.07, 6.45) is 6.63. The van der Waals surface area contributed by atoms with Crippen LogP contribution in [0.25, 0.3) is 0 Å². The number of aliphatic hydroxyl groups is 1. The molecule has 23 nitrogen and oxygen atoms in total. The zero-order valence-electron chi connectivity index (χ0n) is 96.4. The average molecular weight is 2150 g/mol. The maximum atomic E-state index is 11.9. The number of halogens is 4. The number of likely N-dealkylation sites (tertiary alicyclic amines) is 1. The molecule has 4 aliphatic rings. The lowest BCUT2D eigenvalue weighted by molar-refractivity contribution is -0.274. The second-order valence-electron chi connectivity index (χ2n) is 48.3. The van der Waals surface area contributed by atoms with Gasteiger partial charge >= 0.3 is 6.36 Å². The highest BCUT2D eigenvalue weighted by atomic mass is 35.5. The third kappa shape index (κ3) is 53.2. The highest BCUT2D eigenvalue weighted by Crippen LogP contribution is 2.36. The molecule has 29 heteroatoms. The van der Waals surface area contributed by atoms with Crippen LogP contribution in [0.4, 0.5) is 19.0 Å². The van der Waals surface area contributed by atoms with Crippen molar-refractivity contribution in [1.29, 1.82) is 0 Å². The zero-order chi connectivity index (χ0) is 113. The van der Waals surface area contributed by atoms with Gasteiger partial charge in [-0.1, -0.05) is 277 Å². The first-order valence-electron chi connectivity index (χ1n) is 52.1. The third-order valence-electron chi connectivity index (χ3n) is 24.0. The molecule has 1 N–H and O–H groups in total. The van der Waals surface area contributed by atoms with Gasteiger partial charge in [0, 0.05) is 88.4 Å². The van der Waals surface area contributed by atoms with Crippen LogP contribution < -0.4 is 42.8 Å². The van der Waals surface area contributed by atoms with Crippen LogP contribution >= 0.6 is 11.6 Å². The second kappa shape index (κ2) is 59.1. The molecule has 2 atom stereocenters. The Kier molecular flexibility index (Phi) is 51.4. The number of nitrogens with zero attached hydrogens (tertiary/aromatic N) is 6. The number of rotatable bonds is 26. The number of sulfone groups is 2. The van der Waals surface area contributed by atoms with Gasteiger partial charge in [-0.15, -0.1) is 13.2 Å². The first kappa shape index (κ1) is 131. The van der Waals surface area contributed by atoms with Crippen molar-refractivity contribution >= 4 is 43.0 Å². The van der Waals surface area contributed by atoms with Gasteiger partial charge < -0.3 is 71.9 Å². The molecule has 0 radical (unpaired) electrons. The second-order valence-corrected chi connectivity index (χ2v) is 53.3. The standard InChI is InChI=1S/C16H23NO2.C14H21ClO3S.C14H23NO.C14H22O2.C13H20N2O2S.2C13H19NO2.C13H20O2.C11H13F3O/c1-16(2,3)13-6-8-14(9-7-13)19-12-11-17-10-4-5-15(17)18;1-14(2,3)11-6-7-12(15)13(10-11)18-8-5-9-19(4,16)17;1-14(2,3)12-7-6-8-13(11-12)16-10-9-15(4)5;1-13(2,3)11-6-8-12(9-7-11)16-10-14(4,5)15;1-13(2,3)11-4-5-12(14-10-11)15-6-8-18(16,17)9-7-15;1-13(2,3)12-5-4-10(8-14-12)16-11-6-7-15-9-11;1-13(2,3)10-4-5-12(14-8-10)16-11-6-7-15-9-11;1-13(2,3)11-5-7-12(8-6-11)15-10-9-14-4;1-10(2,3)8-5-4-6-9(7-8)15-11(12,13)14/h6-9H,4-5,10-12H2,1-3H3;6-7,10H,5,8-9H2,1-4H3;6-8,11H,9-10H2,1-5H3;6-9,15H,10H2,1-5H3;4-5,10H,6-9H2,1-3H3;2*4-5,8,11H,6-7,9H2,1-3H3;5-8H,9-10H2,1-4H3;4-7H,1-3H3. The van der Waals surface area contributed by atoms with Gasteiger partial charge in [0.05, 0.1) is 80.3 Å². The van der Waals surface area contributed by atoms with Crippen LogP contribution in [0.3, 0.4) is 0 Å². The number of carbonyl (C=O) groups is 1. The number of anilines is 1. The minimum Gasteiger partial charge on any atom is -0.492 e. The molecular formula is C121H180ClF3N6O17S2. The summed E-state index contributed by atoms with van der Waals surface area (Å²) in [6, 6.07) is 56.7. The van der Waals surface area contributed by atoms with Crippen molar-refractivity contribution in [2.45, 2.75) is 306 Å². The van der Waals surface area contributed by atoms with Crippen LogP contribution in [0.2, 0.25) is 5.02 Å². The molecular weight excluding hydrogens is 1970 g/mol. The Hall–Kier alpha value is -9.78. The molecule has 1 amide bonds. The Morgan fingerprint density at radius 1 is 0.453 bits per heavy atom. The lowest BCUT2D eigenvalue weighted by Gasteiger charge is -2.28. The van der Waals surface area contributed by atoms with E-state index in [0.29, 0.717) is 95.4 Å². The summed E-state index contributed by atoms with van der Waals surface area (Å²) in [5.74, 6) is 7.24. The Morgan fingerprint density at radius 2 is 0.887 bits per heavy atom. The molecule has 4 aliphatic heterocycles. The summed E-state index contributed by atoms with van der Waals surface area (Å²) < 4.78 is 139. The average Bonchev–Trinajstić information content (AvgIpc) is 1.03. The number of alkyl halides is 3. The van der Waals surface area contributed by atoms with Crippen LogP contribution in [0.1, 0.15) is 283 Å². The van der Waals surface area contributed by atoms with Gasteiger partial charge in [-0.25, -0.2) is 26.8 Å². The topological polar surface area (TPSA) is 255 Å². The van der Waals surface area contributed by atoms with E-state index in [-0.39, 0.29) is 89.9 Å². The predicted octanol–water partition coefficient (Wildman–Crippen LogP) is 26.1. The Balaban J connectivity index is 0.000000297. The molecule has 6 aromatic carbocycles. The fourth-order valence-electron chi connectivity index (χ4n) is 14.3. The SMILES string of the molecule is CC(C)(C)c1ccc(Cl)c(OCCCS(C)(=O)=O)c1.CC(C)(C)c1ccc(N2CCS(=O)(=O)CC2)nc1.CC(C)(C)c1ccc(OC2CCOC2)cn1.CC(C)(C)c1ccc(OC2CCOC2)nc1.CC(C)(C)c1ccc(OCCN2CCCC2=O)cc1.CC(C)(C)c1cccc(OC(F)(F)F)c1.CC(C)(O)COc1ccc(C(C)(C)C)cc1.CN(C)CCOc1cccc(C(C)(C)C)c1.COCCOc1ccc(C(C)(C)C)cc1. The molecule has 150 heavy (non-hydrogen) atoms. The van der Waals surface area contributed by atoms with E-state index in [9.17, 15) is 39.9 Å². The lowest BCUT2D eigenvalue weighted by Crippen LogP contribution is -2.40. The summed E-state index contributed by atoms with van der Waals surface area (Å²) in [5, 5.41) is 10.1. The molecule has 13 rings (SSSR count). The van der Waals surface area contributed by atoms with E-state index >= 15 is 0 Å². The van der Waals surface area contributed by atoms with Crippen LogP contribution in [0, 0.1) is 0 Å². The number of benzene rings is 6. The summed E-state index contributed by atoms with van der Waals surface area (Å²) in [7, 11) is 0.0162. The predicted molar refractivity (Wildman–Crippen MR) is 606 cm³/mol. The fourth-order valence-corrected chi connectivity index (χ4v) is 16.3. The molecule has 4 saturated heterocycles. The van der Waals surface area contributed by atoms with Crippen LogP contribution in [0.15, 0.2) is 195 Å². The highest BCUT2D eigenvalue weighted by molar-refractivity contribution is 7.91. The third-order valence-corrected chi connectivity index (χ3v) is 27.0. The first-order chi connectivity index (χ1) is 69.2. The Morgan fingerprint density at radius 3 is 1.29 bits per heavy atom. The van der Waals surface area contributed by atoms with Crippen molar-refractivity contribution in [3.05, 3.63) is 250 Å². The molecule has 2 unspecified atom stereocenters. The van der Waals surface area contributed by atoms with Crippen LogP contribution in [-0.2, 0) is 87.4 Å². The number of aromatic nitrogens is 3. The number of hydrogen-bond acceptors (Lipinski definition) is 22. The van der Waals surface area contributed by atoms with E-state index in [0.717, 1.165) is 104 Å². The minimum atomic E-state index is -4.63. The van der Waals surface area contributed by atoms with Gasteiger partial charge in [0.1, 0.15) is 94.5 Å². The van der Waals surface area contributed by atoms with E-state index in [1.807, 2.05) is 128 Å². The van der Waals surface area contributed by atoms with E-state index in [1.54, 1.807) is 39.3 Å². The summed E-state index contributed by atoms with van der Waals surface area (Å²) in [6.45, 7) is 71.2. The van der Waals surface area contributed by atoms with E-state index in [2.05, 4.69) is 272 Å². The van der Waals surface area contributed by atoms with Crippen molar-refractivity contribution in [3.63, 3.8) is 0 Å². The molecule has 4 fully saturated rings. The van der Waals surface area contributed by atoms with Crippen molar-refractivity contribution in [1.82, 2.24) is 24.8 Å². The lowest BCUT2D eigenvalue weighted by atomic mass is 9.87. The Bertz CT molecular complexity index is 5560. The number of hydrogen-bond donors (Lipinski definition) is 1. The van der Waals surface area contributed by atoms with Gasteiger partial charge in [0.15, 0.2) is 9.84 Å². The smallest absolute Gasteiger partial charge is 0.492 e. The number of amides is 1. The zero-order valence-corrected chi connectivity index (χ0v) is 98.8. The number of ether oxygens (including phenoxy) is 11. The molecule has 0 saturated carbocycles. The van der Waals surface area contributed by atoms with E-state index in [4.69, 9.17) is 59.0 Å². The largest absolute Gasteiger partial charge is 0.573 e. The van der Waals surface area contributed by atoms with Crippen molar-refractivity contribution in [3.8, 4) is 46.1 Å². The fraction of sp³-hybridized carbons (Fsp3) is 0.570. The van der Waals surface area contributed by atoms with Crippen molar-refractivity contribution in [2.24, 2.45) is 0 Å². The van der Waals surface area contributed by atoms with Crippen molar-refractivity contribution < 1.29 is 92.0 Å². The highest BCUT2D eigenvalue weighted by Gasteiger charge is 2.33. The molecule has 0 spiro atoms. The monoisotopic (exact) mass is 2150 g/mol. The summed E-state index contributed by atoms with van der Waals surface area (Å²) in [4.78, 5) is 30.7. The molecule has 0 bridgehead atoms. The van der Waals surface area contributed by atoms with Gasteiger partial charge in [0.2, 0.25) is 11.8 Å². The maximum absolute atomic E-state index is 11.9. The minimum absolute atomic E-state index is 0.0233. The molecule has 0 aliphatic carbocycles. The first-order valence-corrected chi connectivity index (χ1v) is 56.4. The van der Waals surface area contributed by atoms with Crippen LogP contribution in [0.5, 0.6) is 46.1 Å². The molecule has 7 heterocycles. The molecule has 3 aromatic heterocycles. The quantitative estimate of drug-likeness (QED) is 0.0494. The van der Waals surface area contributed by atoms with Gasteiger partial charge in [-0.05, 0) is 220 Å². The maximum Gasteiger partial charge on any atom is 0.573 e. The Labute approximate surface area is 904 Å². The van der Waals surface area contributed by atoms with Gasteiger partial charge in [-0.2, -0.15) is 0 Å². The number of methoxy groups -OCH3 is 1. The summed E-state index contributed by atoms with van der Waals surface area (Å²) in [5.41, 5.74) is 10.7. The van der Waals surface area contributed by atoms with E-state index in [1.165, 1.54) is 51.8 Å². The van der Waals surface area contributed by atoms with E-state index < -0.39 is 31.6 Å². The van der Waals surface area contributed by atoms with Crippen LogP contribution in [-0.4, -0.2) is 220 Å².